The smallest absolute Gasteiger partial charge is 0.144 e. The molecule has 2 aliphatic carbocycles. The normalized spacial score (nSPS) is 15.0. The Morgan fingerprint density at radius 2 is 1.83 bits per heavy atom. The van der Waals surface area contributed by atoms with Gasteiger partial charge in [-0.1, -0.05) is 67.3 Å². The lowest BCUT2D eigenvalue weighted by atomic mass is 9.93. The Balaban J connectivity index is 1.22. The molecule has 0 atom stereocenters. The second kappa shape index (κ2) is 9.34. The number of fused-ring (bicyclic) bond motifs is 10. The second-order valence-electron chi connectivity index (χ2n) is 11.0. The van der Waals surface area contributed by atoms with Gasteiger partial charge in [0.05, 0.1) is 5.52 Å². The minimum absolute atomic E-state index is 0.680. The van der Waals surface area contributed by atoms with Crippen LogP contribution in [0, 0.1) is 0 Å². The molecule has 0 N–H and O–H groups in total. The minimum Gasteiger partial charge on any atom is -0.456 e. The quantitative estimate of drug-likeness (QED) is 0.208. The van der Waals surface area contributed by atoms with Crippen LogP contribution in [-0.2, 0) is 25.8 Å². The monoisotopic (exact) mass is 534 g/mol. The molecule has 0 fully saturated rings. The molecule has 0 unspecified atom stereocenters. The Morgan fingerprint density at radius 1 is 0.976 bits per heavy atom. The Labute approximate surface area is 238 Å². The average molecular weight is 535 g/mol. The zero-order valence-electron chi connectivity index (χ0n) is 23.1. The number of rotatable bonds is 5. The fourth-order valence-corrected chi connectivity index (χ4v) is 6.85. The third-order valence-corrected chi connectivity index (χ3v) is 8.71. The van der Waals surface area contributed by atoms with E-state index in [1.807, 2.05) is 18.3 Å². The molecule has 2 aliphatic rings. The van der Waals surface area contributed by atoms with Gasteiger partial charge in [-0.25, -0.2) is 9.97 Å². The molecule has 41 heavy (non-hydrogen) atoms. The molecule has 0 saturated carbocycles. The third-order valence-electron chi connectivity index (χ3n) is 8.71. The standard InChI is InChI=1S/C36H30N4O/c1-3-24(17-16-23(2)40-30-13-7-4-10-25(30)26-11-5-8-14-31(26)40)21-39-32-19-18-28-27-12-6-9-15-33(27)41-35(28)34(32)29-20-37-22-38-36(29)39/h3-7,9-13,15-17,20,22H,1,8,14,18-19,21H2,2H3/b23-16+,24-17+. The van der Waals surface area contributed by atoms with E-state index in [2.05, 4.69) is 94.4 Å². The third kappa shape index (κ3) is 3.62. The van der Waals surface area contributed by atoms with E-state index in [9.17, 15) is 0 Å². The maximum absolute atomic E-state index is 6.45. The van der Waals surface area contributed by atoms with Gasteiger partial charge in [-0.05, 0) is 56.4 Å². The molecule has 4 aromatic heterocycles. The first-order valence-corrected chi connectivity index (χ1v) is 14.3. The Hall–Kier alpha value is -4.90. The summed E-state index contributed by atoms with van der Waals surface area (Å²) in [5, 5.41) is 3.55. The van der Waals surface area contributed by atoms with E-state index in [0.717, 1.165) is 59.2 Å². The highest BCUT2D eigenvalue weighted by molar-refractivity contribution is 6.00. The molecule has 8 rings (SSSR count). The van der Waals surface area contributed by atoms with Gasteiger partial charge >= 0.3 is 0 Å². The summed E-state index contributed by atoms with van der Waals surface area (Å²) in [5.74, 6) is 0.962. The lowest BCUT2D eigenvalue weighted by molar-refractivity contribution is 0.617. The van der Waals surface area contributed by atoms with Crippen molar-refractivity contribution in [2.75, 3.05) is 0 Å². The van der Waals surface area contributed by atoms with Gasteiger partial charge in [-0.2, -0.15) is 0 Å². The molecule has 0 bridgehead atoms. The molecular weight excluding hydrogens is 504 g/mol. The van der Waals surface area contributed by atoms with Crippen LogP contribution in [0.3, 0.4) is 0 Å². The van der Waals surface area contributed by atoms with E-state index >= 15 is 0 Å². The van der Waals surface area contributed by atoms with E-state index in [4.69, 9.17) is 9.40 Å². The van der Waals surface area contributed by atoms with Gasteiger partial charge < -0.3 is 13.6 Å². The minimum atomic E-state index is 0.680. The van der Waals surface area contributed by atoms with Crippen molar-refractivity contribution in [1.29, 1.82) is 0 Å². The summed E-state index contributed by atoms with van der Waals surface area (Å²) in [6.07, 6.45) is 18.5. The van der Waals surface area contributed by atoms with E-state index in [-0.39, 0.29) is 0 Å². The van der Waals surface area contributed by atoms with Crippen molar-refractivity contribution in [3.05, 3.63) is 120 Å². The number of hydrogen-bond donors (Lipinski definition) is 0. The lowest BCUT2D eigenvalue weighted by Gasteiger charge is -2.16. The summed E-state index contributed by atoms with van der Waals surface area (Å²) in [6, 6.07) is 17.0. The van der Waals surface area contributed by atoms with Gasteiger partial charge in [0.25, 0.3) is 0 Å². The number of aromatic nitrogens is 4. The van der Waals surface area contributed by atoms with Crippen molar-refractivity contribution in [1.82, 2.24) is 19.1 Å². The largest absolute Gasteiger partial charge is 0.456 e. The molecule has 6 aromatic rings. The number of aryl methyl sites for hydroxylation is 1. The van der Waals surface area contributed by atoms with Crippen LogP contribution in [0.2, 0.25) is 0 Å². The van der Waals surface area contributed by atoms with Crippen molar-refractivity contribution < 1.29 is 4.42 Å². The summed E-state index contributed by atoms with van der Waals surface area (Å²) < 4.78 is 11.2. The molecule has 5 heteroatoms. The van der Waals surface area contributed by atoms with E-state index in [0.29, 0.717) is 6.54 Å². The maximum Gasteiger partial charge on any atom is 0.144 e. The molecule has 0 saturated heterocycles. The number of allylic oxidation sites excluding steroid dienone is 6. The molecular formula is C36H30N4O. The number of furan rings is 1. The SMILES string of the molecule is C=C/C(=C\C=C(/C)n1c2c(c3ccccc31)C=CCC2)Cn1c2c(c3cncnc31)-c1oc3ccccc3c1CC2. The van der Waals surface area contributed by atoms with Gasteiger partial charge in [0.15, 0.2) is 0 Å². The fourth-order valence-electron chi connectivity index (χ4n) is 6.85. The molecule has 0 spiro atoms. The first kappa shape index (κ1) is 23.9. The molecule has 0 radical (unpaired) electrons. The number of hydrogen-bond acceptors (Lipinski definition) is 3. The van der Waals surface area contributed by atoms with E-state index < -0.39 is 0 Å². The van der Waals surface area contributed by atoms with Crippen LogP contribution in [0.25, 0.3) is 56.0 Å². The zero-order valence-corrected chi connectivity index (χ0v) is 23.1. The van der Waals surface area contributed by atoms with Gasteiger partial charge in [-0.15, -0.1) is 0 Å². The van der Waals surface area contributed by atoms with Crippen LogP contribution >= 0.6 is 0 Å². The highest BCUT2D eigenvalue weighted by Crippen LogP contribution is 2.44. The fraction of sp³-hybridized carbons (Fsp3) is 0.167. The molecule has 4 heterocycles. The number of para-hydroxylation sites is 2. The van der Waals surface area contributed by atoms with Crippen LogP contribution in [0.1, 0.15) is 35.9 Å². The predicted molar refractivity (Wildman–Crippen MR) is 168 cm³/mol. The average Bonchev–Trinajstić information content (AvgIpc) is 3.67. The second-order valence-corrected chi connectivity index (χ2v) is 11.0. The van der Waals surface area contributed by atoms with Crippen LogP contribution in [-0.4, -0.2) is 19.1 Å². The Morgan fingerprint density at radius 3 is 2.73 bits per heavy atom. The van der Waals surface area contributed by atoms with Crippen LogP contribution in [0.15, 0.2) is 102 Å². The molecule has 0 amide bonds. The lowest BCUT2D eigenvalue weighted by Crippen LogP contribution is -2.10. The molecule has 2 aromatic carbocycles. The summed E-state index contributed by atoms with van der Waals surface area (Å²) in [6.45, 7) is 7.06. The summed E-state index contributed by atoms with van der Waals surface area (Å²) in [4.78, 5) is 9.13. The topological polar surface area (TPSA) is 48.8 Å². The highest BCUT2D eigenvalue weighted by Gasteiger charge is 2.29. The molecule has 5 nitrogen and oxygen atoms in total. The van der Waals surface area contributed by atoms with Gasteiger partial charge in [0, 0.05) is 62.7 Å². The van der Waals surface area contributed by atoms with Gasteiger partial charge in [0.1, 0.15) is 23.3 Å². The van der Waals surface area contributed by atoms with E-state index in [1.54, 1.807) is 6.33 Å². The zero-order chi connectivity index (χ0) is 27.5. The summed E-state index contributed by atoms with van der Waals surface area (Å²) in [5.41, 5.74) is 11.9. The van der Waals surface area contributed by atoms with Crippen molar-refractivity contribution >= 4 is 44.7 Å². The van der Waals surface area contributed by atoms with E-state index in [1.165, 1.54) is 44.5 Å². The maximum atomic E-state index is 6.45. The van der Waals surface area contributed by atoms with Crippen LogP contribution in [0.4, 0.5) is 0 Å². The van der Waals surface area contributed by atoms with Crippen molar-refractivity contribution in [3.63, 3.8) is 0 Å². The first-order chi connectivity index (χ1) is 20.2. The molecule has 200 valence electrons. The van der Waals surface area contributed by atoms with Gasteiger partial charge in [-0.3, -0.25) is 0 Å². The predicted octanol–water partition coefficient (Wildman–Crippen LogP) is 8.53. The summed E-state index contributed by atoms with van der Waals surface area (Å²) >= 11 is 0. The van der Waals surface area contributed by atoms with Crippen molar-refractivity contribution in [2.45, 2.75) is 39.2 Å². The van der Waals surface area contributed by atoms with Crippen molar-refractivity contribution in [3.8, 4) is 11.3 Å². The highest BCUT2D eigenvalue weighted by atomic mass is 16.3. The number of nitrogens with zero attached hydrogens (tertiary/aromatic N) is 4. The van der Waals surface area contributed by atoms with Gasteiger partial charge in [0.2, 0.25) is 0 Å². The van der Waals surface area contributed by atoms with Crippen LogP contribution < -0.4 is 0 Å². The molecule has 0 aliphatic heterocycles. The summed E-state index contributed by atoms with van der Waals surface area (Å²) in [7, 11) is 0. The Bertz CT molecular complexity index is 2110. The number of benzene rings is 2. The van der Waals surface area contributed by atoms with Crippen LogP contribution in [0.5, 0.6) is 0 Å². The first-order valence-electron chi connectivity index (χ1n) is 14.3. The van der Waals surface area contributed by atoms with Crippen molar-refractivity contribution in [2.24, 2.45) is 0 Å². The Kier molecular flexibility index (Phi) is 5.46.